The number of carboxylic acids is 1. The number of nitrogens with one attached hydrogen (secondary N) is 1. The van der Waals surface area contributed by atoms with Crippen molar-refractivity contribution >= 4 is 27.6 Å². The fourth-order valence-corrected chi connectivity index (χ4v) is 3.78. The molecular weight excluding hydrogens is 320 g/mol. The molecule has 7 nitrogen and oxygen atoms in total. The highest BCUT2D eigenvalue weighted by Crippen LogP contribution is 2.29. The molecule has 0 aliphatic carbocycles. The van der Waals surface area contributed by atoms with E-state index in [1.807, 2.05) is 0 Å². The Balaban J connectivity index is 1.84. The maximum atomic E-state index is 12.4. The summed E-state index contributed by atoms with van der Waals surface area (Å²) in [5, 5.41) is 11.7. The maximum absolute atomic E-state index is 12.4. The molecule has 0 saturated carbocycles. The number of nitrogens with zero attached hydrogens (tertiary/aromatic N) is 1. The summed E-state index contributed by atoms with van der Waals surface area (Å²) in [6.45, 7) is -0.279. The Morgan fingerprint density at radius 3 is 2.57 bits per heavy atom. The van der Waals surface area contributed by atoms with Crippen molar-refractivity contribution < 1.29 is 23.1 Å². The van der Waals surface area contributed by atoms with Crippen molar-refractivity contribution in [3.8, 4) is 0 Å². The monoisotopic (exact) mass is 332 g/mol. The average molecular weight is 332 g/mol. The quantitative estimate of drug-likeness (QED) is 0.881. The molecule has 1 aliphatic rings. The molecule has 1 heterocycles. The molecule has 0 atom stereocenters. The van der Waals surface area contributed by atoms with E-state index in [0.29, 0.717) is 5.69 Å². The highest BCUT2D eigenvalue weighted by molar-refractivity contribution is 7.90. The SMILES string of the molecule is O=C(O)c1cccc(NCN2C(=O)c3ccccc3S2(=O)=O)c1. The minimum Gasteiger partial charge on any atom is -0.478 e. The number of fused-ring (bicyclic) bond motifs is 1. The molecule has 2 aromatic carbocycles. The second-order valence-electron chi connectivity index (χ2n) is 4.88. The van der Waals surface area contributed by atoms with Gasteiger partial charge in [0.15, 0.2) is 0 Å². The van der Waals surface area contributed by atoms with Crippen LogP contribution in [0.5, 0.6) is 0 Å². The summed E-state index contributed by atoms with van der Waals surface area (Å²) in [6, 6.07) is 11.9. The lowest BCUT2D eigenvalue weighted by atomic mass is 10.2. The fourth-order valence-electron chi connectivity index (χ4n) is 2.31. The van der Waals surface area contributed by atoms with Crippen molar-refractivity contribution in [2.75, 3.05) is 12.0 Å². The van der Waals surface area contributed by atoms with E-state index < -0.39 is 21.9 Å². The van der Waals surface area contributed by atoms with Gasteiger partial charge in [0.05, 0.1) is 11.1 Å². The van der Waals surface area contributed by atoms with Crippen LogP contribution in [0.2, 0.25) is 0 Å². The molecule has 118 valence electrons. The lowest BCUT2D eigenvalue weighted by Gasteiger charge is -2.16. The molecule has 1 amide bonds. The lowest BCUT2D eigenvalue weighted by Crippen LogP contribution is -2.34. The third-order valence-electron chi connectivity index (χ3n) is 3.45. The summed E-state index contributed by atoms with van der Waals surface area (Å²) in [4.78, 5) is 23.1. The summed E-state index contributed by atoms with van der Waals surface area (Å²) in [5.74, 6) is -1.70. The number of hydrogen-bond acceptors (Lipinski definition) is 5. The molecular formula is C15H12N2O5S. The van der Waals surface area contributed by atoms with Crippen LogP contribution in [0, 0.1) is 0 Å². The predicted molar refractivity (Wildman–Crippen MR) is 81.7 cm³/mol. The van der Waals surface area contributed by atoms with Crippen molar-refractivity contribution in [3.63, 3.8) is 0 Å². The van der Waals surface area contributed by atoms with E-state index in [2.05, 4.69) is 5.32 Å². The first-order valence-corrected chi connectivity index (χ1v) is 8.08. The molecule has 1 aliphatic heterocycles. The summed E-state index contributed by atoms with van der Waals surface area (Å²) in [6.07, 6.45) is 0. The van der Waals surface area contributed by atoms with Crippen LogP contribution in [0.25, 0.3) is 0 Å². The van der Waals surface area contributed by atoms with Crippen LogP contribution in [0.4, 0.5) is 5.69 Å². The van der Waals surface area contributed by atoms with E-state index in [1.54, 1.807) is 18.2 Å². The largest absolute Gasteiger partial charge is 0.478 e. The van der Waals surface area contributed by atoms with Crippen molar-refractivity contribution in [2.45, 2.75) is 4.90 Å². The normalized spacial score (nSPS) is 15.3. The van der Waals surface area contributed by atoms with Crippen LogP contribution in [0.3, 0.4) is 0 Å². The van der Waals surface area contributed by atoms with E-state index in [1.165, 1.54) is 30.3 Å². The topological polar surface area (TPSA) is 104 Å². The Hall–Kier alpha value is -2.87. The van der Waals surface area contributed by atoms with Gasteiger partial charge in [-0.1, -0.05) is 18.2 Å². The number of carbonyl (C=O) groups excluding carboxylic acids is 1. The van der Waals surface area contributed by atoms with Gasteiger partial charge in [0.1, 0.15) is 11.6 Å². The second-order valence-corrected chi connectivity index (χ2v) is 6.71. The van der Waals surface area contributed by atoms with E-state index in [4.69, 9.17) is 5.11 Å². The lowest BCUT2D eigenvalue weighted by molar-refractivity contribution is 0.0696. The predicted octanol–water partition coefficient (Wildman–Crippen LogP) is 1.60. The molecule has 0 spiro atoms. The number of hydrogen-bond donors (Lipinski definition) is 2. The molecule has 0 unspecified atom stereocenters. The van der Waals surface area contributed by atoms with E-state index in [-0.39, 0.29) is 22.7 Å². The molecule has 0 aromatic heterocycles. The van der Waals surface area contributed by atoms with Crippen molar-refractivity contribution in [3.05, 3.63) is 59.7 Å². The molecule has 8 heteroatoms. The van der Waals surface area contributed by atoms with Crippen molar-refractivity contribution in [1.82, 2.24) is 4.31 Å². The Morgan fingerprint density at radius 2 is 1.87 bits per heavy atom. The summed E-state index contributed by atoms with van der Waals surface area (Å²) >= 11 is 0. The van der Waals surface area contributed by atoms with Gasteiger partial charge in [0.25, 0.3) is 15.9 Å². The average Bonchev–Trinajstić information content (AvgIpc) is 2.73. The number of amides is 1. The van der Waals surface area contributed by atoms with Crippen LogP contribution in [0.1, 0.15) is 20.7 Å². The molecule has 0 bridgehead atoms. The van der Waals surface area contributed by atoms with Crippen LogP contribution in [-0.4, -0.2) is 36.4 Å². The Morgan fingerprint density at radius 1 is 1.13 bits per heavy atom. The number of aromatic carboxylic acids is 1. The zero-order chi connectivity index (χ0) is 16.6. The number of sulfonamides is 1. The maximum Gasteiger partial charge on any atom is 0.335 e. The minimum atomic E-state index is -3.89. The van der Waals surface area contributed by atoms with Gasteiger partial charge in [-0.25, -0.2) is 17.5 Å². The summed E-state index contributed by atoms with van der Waals surface area (Å²) in [7, 11) is -3.89. The van der Waals surface area contributed by atoms with Crippen LogP contribution in [0.15, 0.2) is 53.4 Å². The first kappa shape index (κ1) is 15.0. The van der Waals surface area contributed by atoms with Crippen molar-refractivity contribution in [2.24, 2.45) is 0 Å². The Bertz CT molecular complexity index is 908. The van der Waals surface area contributed by atoms with E-state index >= 15 is 0 Å². The fraction of sp³-hybridized carbons (Fsp3) is 0.0667. The molecule has 0 saturated heterocycles. The zero-order valence-corrected chi connectivity index (χ0v) is 12.6. The van der Waals surface area contributed by atoms with Gasteiger partial charge in [-0.2, -0.15) is 0 Å². The number of carboxylic acid groups (broad SMARTS) is 1. The van der Waals surface area contributed by atoms with Crippen LogP contribution in [-0.2, 0) is 10.0 Å². The molecule has 3 rings (SSSR count). The van der Waals surface area contributed by atoms with Gasteiger partial charge in [0.2, 0.25) is 0 Å². The Kier molecular flexibility index (Phi) is 3.53. The smallest absolute Gasteiger partial charge is 0.335 e. The van der Waals surface area contributed by atoms with Gasteiger partial charge in [-0.15, -0.1) is 0 Å². The first-order chi connectivity index (χ1) is 10.9. The number of benzene rings is 2. The molecule has 0 fully saturated rings. The van der Waals surface area contributed by atoms with E-state index in [0.717, 1.165) is 4.31 Å². The molecule has 0 radical (unpaired) electrons. The third kappa shape index (κ3) is 2.53. The van der Waals surface area contributed by atoms with Gasteiger partial charge >= 0.3 is 5.97 Å². The highest BCUT2D eigenvalue weighted by atomic mass is 32.2. The van der Waals surface area contributed by atoms with Gasteiger partial charge in [-0.05, 0) is 30.3 Å². The minimum absolute atomic E-state index is 0.0221. The second kappa shape index (κ2) is 5.40. The zero-order valence-electron chi connectivity index (χ0n) is 11.8. The van der Waals surface area contributed by atoms with Crippen molar-refractivity contribution in [1.29, 1.82) is 0 Å². The van der Waals surface area contributed by atoms with Crippen LogP contribution < -0.4 is 5.32 Å². The third-order valence-corrected chi connectivity index (χ3v) is 5.24. The van der Waals surface area contributed by atoms with Gasteiger partial charge in [0, 0.05) is 5.69 Å². The highest BCUT2D eigenvalue weighted by Gasteiger charge is 2.40. The standard InChI is InChI=1S/C15H12N2O5S/c18-14-12-6-1-2-7-13(12)23(21,22)17(14)9-16-11-5-3-4-10(8-11)15(19)20/h1-8,16H,9H2,(H,19,20). The van der Waals surface area contributed by atoms with Gasteiger partial charge in [-0.3, -0.25) is 4.79 Å². The molecule has 2 N–H and O–H groups in total. The van der Waals surface area contributed by atoms with Crippen LogP contribution >= 0.6 is 0 Å². The Labute approximate surface area is 132 Å². The summed E-state index contributed by atoms with van der Waals surface area (Å²) < 4.78 is 25.5. The number of carbonyl (C=O) groups is 2. The molecule has 23 heavy (non-hydrogen) atoms. The molecule has 2 aromatic rings. The first-order valence-electron chi connectivity index (χ1n) is 6.64. The van der Waals surface area contributed by atoms with E-state index in [9.17, 15) is 18.0 Å². The van der Waals surface area contributed by atoms with Gasteiger partial charge < -0.3 is 10.4 Å². The summed E-state index contributed by atoms with van der Waals surface area (Å²) in [5.41, 5.74) is 0.603. The number of rotatable bonds is 4. The number of anilines is 1.